The fourth-order valence-corrected chi connectivity index (χ4v) is 6.87. The standard InChI is InChI=1S/C35H34F2N8O3S/c1-4-38-34(47)41-24-12-10-23(11-13-24)31-27(20-42(3)18-19-44-39-16-17-40-44)30-32(46)45(25-14-8-22(2)9-15-25)35(48)43(33(30)49-31)21-26-28(36)6-5-7-29(26)37/h5-17H,4,18-21H2,1-3H3,(H2,38,41,47). The van der Waals surface area contributed by atoms with Gasteiger partial charge in [-0.2, -0.15) is 15.0 Å². The molecule has 0 fully saturated rings. The van der Waals surface area contributed by atoms with Crippen LogP contribution in [0.4, 0.5) is 19.3 Å². The maximum absolute atomic E-state index is 15.0. The summed E-state index contributed by atoms with van der Waals surface area (Å²) < 4.78 is 32.4. The van der Waals surface area contributed by atoms with E-state index in [1.807, 2.05) is 37.9 Å². The van der Waals surface area contributed by atoms with E-state index in [0.29, 0.717) is 48.0 Å². The Kier molecular flexibility index (Phi) is 9.78. The van der Waals surface area contributed by atoms with Gasteiger partial charge in [-0.25, -0.2) is 22.9 Å². The van der Waals surface area contributed by atoms with Crippen LogP contribution in [0.3, 0.4) is 0 Å². The highest BCUT2D eigenvalue weighted by atomic mass is 32.1. The molecule has 6 rings (SSSR count). The molecule has 2 N–H and O–H groups in total. The summed E-state index contributed by atoms with van der Waals surface area (Å²) in [5, 5.41) is 14.1. The first-order valence-corrected chi connectivity index (χ1v) is 16.4. The number of nitrogens with zero attached hydrogens (tertiary/aromatic N) is 6. The van der Waals surface area contributed by atoms with Crippen LogP contribution in [0.25, 0.3) is 26.3 Å². The van der Waals surface area contributed by atoms with Gasteiger partial charge in [0, 0.05) is 35.8 Å². The van der Waals surface area contributed by atoms with Crippen LogP contribution in [0.2, 0.25) is 0 Å². The van der Waals surface area contributed by atoms with Crippen LogP contribution in [-0.2, 0) is 19.6 Å². The molecule has 0 atom stereocenters. The molecule has 11 nitrogen and oxygen atoms in total. The topological polar surface area (TPSA) is 119 Å². The number of thiophene rings is 1. The number of aromatic nitrogens is 5. The summed E-state index contributed by atoms with van der Waals surface area (Å²) in [5.41, 5.74) is 1.67. The SMILES string of the molecule is CCNC(=O)Nc1ccc(-c2sc3c(c2CN(C)CCn2nccn2)c(=O)n(-c2ccc(C)cc2)c(=O)n3Cc2c(F)cccc2F)cc1. The average molecular weight is 685 g/mol. The Balaban J connectivity index is 1.57. The second-order valence-corrected chi connectivity index (χ2v) is 12.6. The van der Waals surface area contributed by atoms with Crippen LogP contribution in [0.5, 0.6) is 0 Å². The lowest BCUT2D eigenvalue weighted by molar-refractivity contribution is 0.252. The Labute approximate surface area is 284 Å². The quantitative estimate of drug-likeness (QED) is 0.189. The molecule has 2 amide bonds. The van der Waals surface area contributed by atoms with Gasteiger partial charge in [0.1, 0.15) is 16.5 Å². The monoisotopic (exact) mass is 684 g/mol. The van der Waals surface area contributed by atoms with Crippen molar-refractivity contribution < 1.29 is 13.6 Å². The molecule has 0 unspecified atom stereocenters. The predicted octanol–water partition coefficient (Wildman–Crippen LogP) is 5.38. The Bertz CT molecular complexity index is 2210. The molecule has 0 bridgehead atoms. The van der Waals surface area contributed by atoms with E-state index in [2.05, 4.69) is 20.8 Å². The van der Waals surface area contributed by atoms with Crippen LogP contribution >= 0.6 is 11.3 Å². The van der Waals surface area contributed by atoms with Gasteiger partial charge < -0.3 is 15.5 Å². The third kappa shape index (κ3) is 7.05. The number of hydrogen-bond donors (Lipinski definition) is 2. The number of amides is 2. The molecule has 0 saturated carbocycles. The number of aryl methyl sites for hydroxylation is 1. The number of halogens is 2. The van der Waals surface area contributed by atoms with Crippen molar-refractivity contribution in [3.8, 4) is 16.1 Å². The third-order valence-electron chi connectivity index (χ3n) is 8.06. The van der Waals surface area contributed by atoms with Gasteiger partial charge in [0.05, 0.1) is 36.6 Å². The molecule has 0 saturated heterocycles. The summed E-state index contributed by atoms with van der Waals surface area (Å²) in [5.74, 6) is -1.60. The molecule has 252 valence electrons. The number of benzene rings is 3. The van der Waals surface area contributed by atoms with Crippen LogP contribution in [0.15, 0.2) is 88.7 Å². The lowest BCUT2D eigenvalue weighted by Gasteiger charge is -2.18. The van der Waals surface area contributed by atoms with Crippen LogP contribution < -0.4 is 21.9 Å². The van der Waals surface area contributed by atoms with Crippen molar-refractivity contribution in [3.05, 3.63) is 128 Å². The van der Waals surface area contributed by atoms with E-state index in [9.17, 15) is 14.4 Å². The molecule has 0 radical (unpaired) electrons. The lowest BCUT2D eigenvalue weighted by atomic mass is 10.1. The highest BCUT2D eigenvalue weighted by Gasteiger charge is 2.25. The zero-order valence-electron chi connectivity index (χ0n) is 27.1. The first kappa shape index (κ1) is 33.4. The number of hydrogen-bond acceptors (Lipinski definition) is 7. The van der Waals surface area contributed by atoms with Crippen LogP contribution in [0.1, 0.15) is 23.6 Å². The van der Waals surface area contributed by atoms with E-state index in [0.717, 1.165) is 27.8 Å². The zero-order valence-corrected chi connectivity index (χ0v) is 27.9. The molecule has 0 aliphatic carbocycles. The summed E-state index contributed by atoms with van der Waals surface area (Å²) >= 11 is 1.20. The van der Waals surface area contributed by atoms with Crippen molar-refractivity contribution >= 4 is 33.3 Å². The first-order valence-electron chi connectivity index (χ1n) is 15.6. The van der Waals surface area contributed by atoms with Gasteiger partial charge in [-0.3, -0.25) is 9.36 Å². The number of carbonyl (C=O) groups is 1. The molecule has 0 spiro atoms. The molecule has 14 heteroatoms. The largest absolute Gasteiger partial charge is 0.338 e. The Morgan fingerprint density at radius 3 is 2.27 bits per heavy atom. The van der Waals surface area contributed by atoms with Crippen LogP contribution in [-0.4, -0.2) is 55.2 Å². The number of anilines is 1. The van der Waals surface area contributed by atoms with Gasteiger partial charge in [-0.05, 0) is 68.4 Å². The van der Waals surface area contributed by atoms with E-state index >= 15 is 8.78 Å². The van der Waals surface area contributed by atoms with E-state index in [4.69, 9.17) is 0 Å². The number of carbonyl (C=O) groups excluding carboxylic acids is 1. The lowest BCUT2D eigenvalue weighted by Crippen LogP contribution is -2.39. The molecule has 0 aliphatic rings. The summed E-state index contributed by atoms with van der Waals surface area (Å²) in [4.78, 5) is 45.4. The molecule has 3 heterocycles. The van der Waals surface area contributed by atoms with Crippen molar-refractivity contribution in [2.24, 2.45) is 0 Å². The van der Waals surface area contributed by atoms with E-state index in [1.165, 1.54) is 22.0 Å². The highest BCUT2D eigenvalue weighted by Crippen LogP contribution is 2.38. The van der Waals surface area contributed by atoms with Crippen LogP contribution in [0, 0.1) is 18.6 Å². The highest BCUT2D eigenvalue weighted by molar-refractivity contribution is 7.22. The normalized spacial score (nSPS) is 11.4. The van der Waals surface area contributed by atoms with Gasteiger partial charge >= 0.3 is 11.7 Å². The Hall–Kier alpha value is -5.47. The summed E-state index contributed by atoms with van der Waals surface area (Å²) in [6.07, 6.45) is 3.19. The maximum Gasteiger partial charge on any atom is 0.337 e. The summed E-state index contributed by atoms with van der Waals surface area (Å²) in [6, 6.07) is 17.3. The predicted molar refractivity (Wildman–Crippen MR) is 186 cm³/mol. The van der Waals surface area contributed by atoms with Gasteiger partial charge in [0.2, 0.25) is 0 Å². The second kappa shape index (κ2) is 14.3. The summed E-state index contributed by atoms with van der Waals surface area (Å²) in [7, 11) is 1.90. The zero-order chi connectivity index (χ0) is 34.7. The molecule has 0 aliphatic heterocycles. The van der Waals surface area contributed by atoms with E-state index in [-0.39, 0.29) is 21.8 Å². The van der Waals surface area contributed by atoms with E-state index in [1.54, 1.807) is 53.6 Å². The van der Waals surface area contributed by atoms with Gasteiger partial charge in [-0.1, -0.05) is 35.9 Å². The van der Waals surface area contributed by atoms with Crippen molar-refractivity contribution in [2.75, 3.05) is 25.5 Å². The first-order chi connectivity index (χ1) is 23.6. The third-order valence-corrected chi connectivity index (χ3v) is 9.37. The smallest absolute Gasteiger partial charge is 0.337 e. The minimum absolute atomic E-state index is 0.269. The van der Waals surface area contributed by atoms with Crippen molar-refractivity contribution in [1.29, 1.82) is 0 Å². The average Bonchev–Trinajstić information content (AvgIpc) is 3.73. The minimum atomic E-state index is -0.799. The van der Waals surface area contributed by atoms with Crippen molar-refractivity contribution in [1.82, 2.24) is 34.3 Å². The molecule has 6 aromatic rings. The Morgan fingerprint density at radius 1 is 0.939 bits per heavy atom. The molecular weight excluding hydrogens is 651 g/mol. The number of nitrogens with one attached hydrogen (secondary N) is 2. The van der Waals surface area contributed by atoms with Gasteiger partial charge in [0.15, 0.2) is 0 Å². The van der Waals surface area contributed by atoms with Gasteiger partial charge in [-0.15, -0.1) is 11.3 Å². The van der Waals surface area contributed by atoms with Crippen molar-refractivity contribution in [2.45, 2.75) is 33.5 Å². The number of likely N-dealkylation sites (N-methyl/N-ethyl adjacent to an activating group) is 1. The molecule has 3 aromatic carbocycles. The fraction of sp³-hybridized carbons (Fsp3) is 0.229. The maximum atomic E-state index is 15.0. The molecule has 49 heavy (non-hydrogen) atoms. The number of fused-ring (bicyclic) bond motifs is 1. The summed E-state index contributed by atoms with van der Waals surface area (Å²) in [6.45, 7) is 5.07. The van der Waals surface area contributed by atoms with Gasteiger partial charge in [0.25, 0.3) is 5.56 Å². The molecular formula is C35H34F2N8O3S. The minimum Gasteiger partial charge on any atom is -0.338 e. The number of urea groups is 1. The van der Waals surface area contributed by atoms with Crippen molar-refractivity contribution in [3.63, 3.8) is 0 Å². The number of rotatable bonds is 11. The second-order valence-electron chi connectivity index (χ2n) is 11.6. The van der Waals surface area contributed by atoms with E-state index < -0.39 is 29.4 Å². The fourth-order valence-electron chi connectivity index (χ4n) is 5.56. The molecule has 3 aromatic heterocycles. The Morgan fingerprint density at radius 2 is 1.61 bits per heavy atom.